The van der Waals surface area contributed by atoms with Gasteiger partial charge in [-0.05, 0) is 25.1 Å². The van der Waals surface area contributed by atoms with E-state index in [0.29, 0.717) is 0 Å². The summed E-state index contributed by atoms with van der Waals surface area (Å²) in [4.78, 5) is 26.4. The van der Waals surface area contributed by atoms with E-state index >= 15 is 0 Å². The Hall–Kier alpha value is -3.08. The maximum atomic E-state index is 14.6. The van der Waals surface area contributed by atoms with Gasteiger partial charge < -0.3 is 10.1 Å². The molecule has 30 heavy (non-hydrogen) atoms. The van der Waals surface area contributed by atoms with Gasteiger partial charge in [-0.25, -0.2) is 27.8 Å². The van der Waals surface area contributed by atoms with Gasteiger partial charge in [0.15, 0.2) is 11.6 Å². The average molecular weight is 449 g/mol. The predicted octanol–water partition coefficient (Wildman–Crippen LogP) is 3.74. The van der Waals surface area contributed by atoms with Crippen molar-refractivity contribution in [3.63, 3.8) is 0 Å². The predicted molar refractivity (Wildman–Crippen MR) is 100.0 cm³/mol. The third-order valence-electron chi connectivity index (χ3n) is 3.65. The summed E-state index contributed by atoms with van der Waals surface area (Å²) in [7, 11) is 0. The normalized spacial score (nSPS) is 11.7. The highest BCUT2D eigenvalue weighted by Crippen LogP contribution is 2.36. The third-order valence-corrected chi connectivity index (χ3v) is 3.87. The Bertz CT molecular complexity index is 946. The fourth-order valence-corrected chi connectivity index (χ4v) is 2.63. The van der Waals surface area contributed by atoms with Gasteiger partial charge in [-0.3, -0.25) is 15.2 Å². The van der Waals surface area contributed by atoms with E-state index in [-0.39, 0.29) is 21.8 Å². The number of halogens is 5. The number of carbonyl (C=O) groups is 2. The topological polar surface area (TPSA) is 92.4 Å². The Morgan fingerprint density at radius 1 is 1.17 bits per heavy atom. The Morgan fingerprint density at radius 2 is 1.87 bits per heavy atom. The maximum absolute atomic E-state index is 14.6. The van der Waals surface area contributed by atoms with Crippen molar-refractivity contribution < 1.29 is 31.9 Å². The highest BCUT2D eigenvalue weighted by molar-refractivity contribution is 6.31. The molecule has 7 nitrogen and oxygen atoms in total. The zero-order valence-corrected chi connectivity index (χ0v) is 16.5. The zero-order chi connectivity index (χ0) is 22.4. The van der Waals surface area contributed by atoms with Gasteiger partial charge in [0.05, 0.1) is 11.7 Å². The number of aromatic nitrogens is 1. The molecule has 0 spiro atoms. The smallest absolute Gasteiger partial charge is 0.334 e. The number of nitrogens with zero attached hydrogens (tertiary/aromatic N) is 1. The molecule has 3 N–H and O–H groups in total. The summed E-state index contributed by atoms with van der Waals surface area (Å²) in [6.07, 6.45) is -1.69. The van der Waals surface area contributed by atoms with Crippen molar-refractivity contribution >= 4 is 23.5 Å². The van der Waals surface area contributed by atoms with Crippen LogP contribution in [0.15, 0.2) is 24.4 Å². The standard InChI is InChI=1S/C18H17ClF4N4O3/c1-8(25-18(29)27-26-9(2)28)16-13(20)3-10(6-24-16)12-4-11(19)5-14(21)17(12)30-7-15(22)23/h3-6,8,15H,7H2,1-2H3,(H,26,28)(H2,25,27,29)/t8-/m1/s1. The molecule has 0 saturated carbocycles. The van der Waals surface area contributed by atoms with Gasteiger partial charge in [-0.1, -0.05) is 11.6 Å². The highest BCUT2D eigenvalue weighted by Gasteiger charge is 2.20. The quantitative estimate of drug-likeness (QED) is 0.464. The van der Waals surface area contributed by atoms with Crippen molar-refractivity contribution in [2.24, 2.45) is 0 Å². The molecule has 12 heteroatoms. The Balaban J connectivity index is 2.28. The fourth-order valence-electron chi connectivity index (χ4n) is 2.43. The lowest BCUT2D eigenvalue weighted by molar-refractivity contribution is -0.119. The van der Waals surface area contributed by atoms with Crippen molar-refractivity contribution in [1.29, 1.82) is 0 Å². The number of alkyl halides is 2. The molecule has 1 heterocycles. The number of carbonyl (C=O) groups excluding carboxylic acids is 2. The van der Waals surface area contributed by atoms with Crippen LogP contribution >= 0.6 is 11.6 Å². The lowest BCUT2D eigenvalue weighted by Gasteiger charge is -2.17. The number of urea groups is 1. The number of amides is 3. The number of hydrogen-bond acceptors (Lipinski definition) is 4. The summed E-state index contributed by atoms with van der Waals surface area (Å²) >= 11 is 5.82. The minimum Gasteiger partial charge on any atom is -0.484 e. The number of benzene rings is 1. The number of pyridine rings is 1. The number of ether oxygens (including phenoxy) is 1. The Kier molecular flexibility index (Phi) is 7.81. The summed E-state index contributed by atoms with van der Waals surface area (Å²) in [5.74, 6) is -2.88. The number of rotatable bonds is 6. The summed E-state index contributed by atoms with van der Waals surface area (Å²) in [5, 5.41) is 2.30. The van der Waals surface area contributed by atoms with E-state index in [9.17, 15) is 27.2 Å². The highest BCUT2D eigenvalue weighted by atomic mass is 35.5. The molecule has 1 aromatic carbocycles. The maximum Gasteiger partial charge on any atom is 0.334 e. The third kappa shape index (κ3) is 6.21. The van der Waals surface area contributed by atoms with E-state index in [1.165, 1.54) is 19.9 Å². The van der Waals surface area contributed by atoms with E-state index in [0.717, 1.165) is 18.3 Å². The van der Waals surface area contributed by atoms with Crippen molar-refractivity contribution in [3.05, 3.63) is 46.7 Å². The lowest BCUT2D eigenvalue weighted by atomic mass is 10.0. The fraction of sp³-hybridized carbons (Fsp3) is 0.278. The average Bonchev–Trinajstić information content (AvgIpc) is 2.64. The largest absolute Gasteiger partial charge is 0.484 e. The van der Waals surface area contributed by atoms with Crippen molar-refractivity contribution in [2.45, 2.75) is 26.3 Å². The van der Waals surface area contributed by atoms with Gasteiger partial charge in [0.25, 0.3) is 6.43 Å². The van der Waals surface area contributed by atoms with E-state index in [1.807, 2.05) is 5.43 Å². The van der Waals surface area contributed by atoms with Crippen molar-refractivity contribution in [2.75, 3.05) is 6.61 Å². The molecule has 162 valence electrons. The second-order valence-electron chi connectivity index (χ2n) is 6.06. The first-order chi connectivity index (χ1) is 14.1. The lowest BCUT2D eigenvalue weighted by Crippen LogP contribution is -2.46. The molecule has 0 aliphatic heterocycles. The molecule has 0 bridgehead atoms. The molecule has 2 rings (SSSR count). The zero-order valence-electron chi connectivity index (χ0n) is 15.7. The van der Waals surface area contributed by atoms with Crippen LogP contribution in [-0.4, -0.2) is 30.0 Å². The van der Waals surface area contributed by atoms with Crippen molar-refractivity contribution in [1.82, 2.24) is 21.2 Å². The SMILES string of the molecule is CC(=O)NNC(=O)N[C@H](C)c1ncc(-c2cc(Cl)cc(F)c2OCC(F)F)cc1F. The summed E-state index contributed by atoms with van der Waals surface area (Å²) in [6, 6.07) is 1.38. The van der Waals surface area contributed by atoms with Crippen LogP contribution in [0.1, 0.15) is 25.6 Å². The number of hydrogen-bond donors (Lipinski definition) is 3. The van der Waals surface area contributed by atoms with E-state index in [1.54, 1.807) is 0 Å². The second-order valence-corrected chi connectivity index (χ2v) is 6.50. The Morgan fingerprint density at radius 3 is 2.47 bits per heavy atom. The van der Waals surface area contributed by atoms with Crippen LogP contribution in [0, 0.1) is 11.6 Å². The van der Waals surface area contributed by atoms with Gasteiger partial charge in [0.1, 0.15) is 12.4 Å². The first kappa shape index (κ1) is 23.2. The van der Waals surface area contributed by atoms with Crippen LogP contribution in [0.2, 0.25) is 5.02 Å². The van der Waals surface area contributed by atoms with Gasteiger partial charge in [0, 0.05) is 29.3 Å². The molecule has 1 aromatic heterocycles. The molecule has 0 aliphatic carbocycles. The van der Waals surface area contributed by atoms with Crippen LogP contribution in [0.25, 0.3) is 11.1 Å². The first-order valence-electron chi connectivity index (χ1n) is 8.47. The van der Waals surface area contributed by atoms with Gasteiger partial charge in [-0.2, -0.15) is 0 Å². The monoisotopic (exact) mass is 448 g/mol. The van der Waals surface area contributed by atoms with E-state index in [2.05, 4.69) is 15.7 Å². The molecule has 0 aliphatic rings. The Labute approximate surface area is 173 Å². The van der Waals surface area contributed by atoms with E-state index < -0.39 is 48.4 Å². The minimum absolute atomic E-state index is 0.0248. The molecule has 2 aromatic rings. The number of hydrazine groups is 1. The van der Waals surface area contributed by atoms with Crippen LogP contribution < -0.4 is 20.9 Å². The molecule has 1 atom stereocenters. The molecular weight excluding hydrogens is 432 g/mol. The number of nitrogens with one attached hydrogen (secondary N) is 3. The van der Waals surface area contributed by atoms with Crippen molar-refractivity contribution in [3.8, 4) is 16.9 Å². The summed E-state index contributed by atoms with van der Waals surface area (Å²) in [6.45, 7) is 1.56. The summed E-state index contributed by atoms with van der Waals surface area (Å²) in [5.41, 5.74) is 3.90. The molecule has 0 radical (unpaired) electrons. The molecule has 0 saturated heterocycles. The van der Waals surface area contributed by atoms with E-state index in [4.69, 9.17) is 16.3 Å². The van der Waals surface area contributed by atoms with Crippen LogP contribution in [0.4, 0.5) is 22.4 Å². The summed E-state index contributed by atoms with van der Waals surface area (Å²) < 4.78 is 58.5. The molecule has 3 amide bonds. The second kappa shape index (κ2) is 10.1. The molecular formula is C18H17ClF4N4O3. The first-order valence-corrected chi connectivity index (χ1v) is 8.85. The molecule has 0 unspecified atom stereocenters. The van der Waals surface area contributed by atoms with Gasteiger partial charge >= 0.3 is 6.03 Å². The van der Waals surface area contributed by atoms with Gasteiger partial charge in [0.2, 0.25) is 5.91 Å². The van der Waals surface area contributed by atoms with Crippen LogP contribution in [0.5, 0.6) is 5.75 Å². The minimum atomic E-state index is -2.85. The van der Waals surface area contributed by atoms with Crippen LogP contribution in [0.3, 0.4) is 0 Å². The van der Waals surface area contributed by atoms with Crippen LogP contribution in [-0.2, 0) is 4.79 Å². The molecule has 0 fully saturated rings. The van der Waals surface area contributed by atoms with Gasteiger partial charge in [-0.15, -0.1) is 0 Å².